The fourth-order valence-electron chi connectivity index (χ4n) is 2.14. The monoisotopic (exact) mass is 220 g/mol. The number of nitrogens with zero attached hydrogens (tertiary/aromatic N) is 2. The van der Waals surface area contributed by atoms with Crippen molar-refractivity contribution in [3.05, 3.63) is 30.1 Å². The second-order valence-electron chi connectivity index (χ2n) is 4.26. The van der Waals surface area contributed by atoms with Crippen molar-refractivity contribution in [2.45, 2.75) is 12.6 Å². The third-order valence-electron chi connectivity index (χ3n) is 2.90. The van der Waals surface area contributed by atoms with E-state index in [4.69, 9.17) is 0 Å². The van der Waals surface area contributed by atoms with Gasteiger partial charge in [-0.3, -0.25) is 9.88 Å². The van der Waals surface area contributed by atoms with E-state index in [1.807, 2.05) is 19.3 Å². The topological polar surface area (TPSA) is 40.2 Å². The molecule has 4 nitrogen and oxygen atoms in total. The summed E-state index contributed by atoms with van der Waals surface area (Å²) in [4.78, 5) is 6.83. The highest BCUT2D eigenvalue weighted by molar-refractivity contribution is 5.03. The van der Waals surface area contributed by atoms with Crippen LogP contribution in [0.4, 0.5) is 0 Å². The smallest absolute Gasteiger partial charge is 0.0543 e. The zero-order valence-corrected chi connectivity index (χ0v) is 9.82. The number of pyridine rings is 1. The van der Waals surface area contributed by atoms with Crippen LogP contribution < -0.4 is 10.6 Å². The zero-order chi connectivity index (χ0) is 11.2. The average molecular weight is 220 g/mol. The molecule has 0 amide bonds. The lowest BCUT2D eigenvalue weighted by molar-refractivity contribution is 0.189. The van der Waals surface area contributed by atoms with Crippen molar-refractivity contribution in [3.63, 3.8) is 0 Å². The highest BCUT2D eigenvalue weighted by Crippen LogP contribution is 2.04. The normalized spacial score (nSPS) is 22.2. The third kappa shape index (κ3) is 3.27. The van der Waals surface area contributed by atoms with Crippen LogP contribution in [-0.4, -0.2) is 49.2 Å². The van der Waals surface area contributed by atoms with E-state index < -0.39 is 0 Å². The number of likely N-dealkylation sites (N-methyl/N-ethyl adjacent to an activating group) is 1. The first-order valence-corrected chi connectivity index (χ1v) is 5.88. The van der Waals surface area contributed by atoms with Crippen LogP contribution in [0.3, 0.4) is 0 Å². The summed E-state index contributed by atoms with van der Waals surface area (Å²) in [6.45, 7) is 5.26. The molecule has 0 spiro atoms. The standard InChI is InChI=1S/C12H20N4/c1-13-8-12-10-16(7-6-15-12)9-11-4-2-3-5-14-11/h2-5,12-13,15H,6-10H2,1H3. The van der Waals surface area contributed by atoms with Gasteiger partial charge in [0, 0.05) is 45.0 Å². The first kappa shape index (κ1) is 11.5. The van der Waals surface area contributed by atoms with Gasteiger partial charge in [-0.25, -0.2) is 0 Å². The quantitative estimate of drug-likeness (QED) is 0.753. The summed E-state index contributed by atoms with van der Waals surface area (Å²) in [5.74, 6) is 0. The van der Waals surface area contributed by atoms with Gasteiger partial charge in [-0.15, -0.1) is 0 Å². The maximum atomic E-state index is 4.37. The summed E-state index contributed by atoms with van der Waals surface area (Å²) in [6.07, 6.45) is 1.86. The van der Waals surface area contributed by atoms with Crippen LogP contribution in [-0.2, 0) is 6.54 Å². The van der Waals surface area contributed by atoms with Crippen molar-refractivity contribution >= 4 is 0 Å². The molecular weight excluding hydrogens is 200 g/mol. The number of hydrogen-bond donors (Lipinski definition) is 2. The van der Waals surface area contributed by atoms with Crippen LogP contribution in [0.5, 0.6) is 0 Å². The van der Waals surface area contributed by atoms with E-state index in [1.165, 1.54) is 0 Å². The summed E-state index contributed by atoms with van der Waals surface area (Å²) in [5, 5.41) is 6.73. The van der Waals surface area contributed by atoms with Crippen molar-refractivity contribution in [1.82, 2.24) is 20.5 Å². The summed E-state index contributed by atoms with van der Waals surface area (Å²) < 4.78 is 0. The fourth-order valence-corrected chi connectivity index (χ4v) is 2.14. The Morgan fingerprint density at radius 1 is 1.56 bits per heavy atom. The van der Waals surface area contributed by atoms with E-state index in [1.54, 1.807) is 0 Å². The molecule has 2 N–H and O–H groups in total. The van der Waals surface area contributed by atoms with Crippen molar-refractivity contribution in [2.24, 2.45) is 0 Å². The van der Waals surface area contributed by atoms with E-state index in [-0.39, 0.29) is 0 Å². The van der Waals surface area contributed by atoms with Gasteiger partial charge in [0.1, 0.15) is 0 Å². The van der Waals surface area contributed by atoms with Crippen molar-refractivity contribution in [3.8, 4) is 0 Å². The summed E-state index contributed by atoms with van der Waals surface area (Å²) in [6, 6.07) is 6.66. The Balaban J connectivity index is 1.85. The second-order valence-corrected chi connectivity index (χ2v) is 4.26. The van der Waals surface area contributed by atoms with Crippen molar-refractivity contribution in [2.75, 3.05) is 33.2 Å². The summed E-state index contributed by atoms with van der Waals surface area (Å²) in [5.41, 5.74) is 1.16. The van der Waals surface area contributed by atoms with Gasteiger partial charge in [0.25, 0.3) is 0 Å². The molecule has 1 atom stereocenters. The Bertz CT molecular complexity index is 299. The van der Waals surface area contributed by atoms with Crippen molar-refractivity contribution < 1.29 is 0 Å². The Labute approximate surface area is 97.1 Å². The highest BCUT2D eigenvalue weighted by atomic mass is 15.2. The number of rotatable bonds is 4. The fraction of sp³-hybridized carbons (Fsp3) is 0.583. The van der Waals surface area contributed by atoms with Crippen LogP contribution in [0, 0.1) is 0 Å². The lowest BCUT2D eigenvalue weighted by Gasteiger charge is -2.33. The largest absolute Gasteiger partial charge is 0.318 e. The lowest BCUT2D eigenvalue weighted by Crippen LogP contribution is -2.53. The van der Waals surface area contributed by atoms with Crippen LogP contribution in [0.1, 0.15) is 5.69 Å². The number of aromatic nitrogens is 1. The Morgan fingerprint density at radius 3 is 3.25 bits per heavy atom. The van der Waals surface area contributed by atoms with Crippen LogP contribution >= 0.6 is 0 Å². The minimum Gasteiger partial charge on any atom is -0.318 e. The summed E-state index contributed by atoms with van der Waals surface area (Å²) in [7, 11) is 2.00. The van der Waals surface area contributed by atoms with Gasteiger partial charge in [-0.1, -0.05) is 6.07 Å². The zero-order valence-electron chi connectivity index (χ0n) is 9.82. The number of piperazine rings is 1. The van der Waals surface area contributed by atoms with E-state index in [0.717, 1.165) is 38.4 Å². The molecule has 1 unspecified atom stereocenters. The maximum absolute atomic E-state index is 4.37. The van der Waals surface area contributed by atoms with E-state index in [9.17, 15) is 0 Å². The lowest BCUT2D eigenvalue weighted by atomic mass is 10.2. The summed E-state index contributed by atoms with van der Waals surface area (Å²) >= 11 is 0. The molecule has 16 heavy (non-hydrogen) atoms. The van der Waals surface area contributed by atoms with Gasteiger partial charge < -0.3 is 10.6 Å². The van der Waals surface area contributed by atoms with Gasteiger partial charge in [0.15, 0.2) is 0 Å². The van der Waals surface area contributed by atoms with Gasteiger partial charge in [0.2, 0.25) is 0 Å². The van der Waals surface area contributed by atoms with Crippen LogP contribution in [0.25, 0.3) is 0 Å². The molecule has 1 aliphatic heterocycles. The first-order valence-electron chi connectivity index (χ1n) is 5.88. The van der Waals surface area contributed by atoms with E-state index in [0.29, 0.717) is 6.04 Å². The van der Waals surface area contributed by atoms with Gasteiger partial charge in [0.05, 0.1) is 5.69 Å². The molecule has 1 aromatic heterocycles. The molecule has 1 aromatic rings. The minimum atomic E-state index is 0.558. The molecule has 1 fully saturated rings. The molecule has 4 heteroatoms. The molecule has 0 aromatic carbocycles. The van der Waals surface area contributed by atoms with Crippen LogP contribution in [0.15, 0.2) is 24.4 Å². The number of hydrogen-bond acceptors (Lipinski definition) is 4. The molecule has 0 radical (unpaired) electrons. The molecule has 1 aliphatic rings. The van der Waals surface area contributed by atoms with Gasteiger partial charge >= 0.3 is 0 Å². The predicted octanol–water partition coefficient (Wildman–Crippen LogP) is 0.0748. The van der Waals surface area contributed by atoms with Crippen molar-refractivity contribution in [1.29, 1.82) is 0 Å². The molecule has 0 aliphatic carbocycles. The van der Waals surface area contributed by atoms with E-state index in [2.05, 4.69) is 32.7 Å². The highest BCUT2D eigenvalue weighted by Gasteiger charge is 2.18. The number of nitrogens with one attached hydrogen (secondary N) is 2. The molecule has 88 valence electrons. The second kappa shape index (κ2) is 5.94. The van der Waals surface area contributed by atoms with Gasteiger partial charge in [-0.2, -0.15) is 0 Å². The average Bonchev–Trinajstić information content (AvgIpc) is 2.31. The van der Waals surface area contributed by atoms with E-state index >= 15 is 0 Å². The third-order valence-corrected chi connectivity index (χ3v) is 2.90. The predicted molar refractivity (Wildman–Crippen MR) is 65.2 cm³/mol. The molecule has 0 saturated carbocycles. The molecule has 2 rings (SSSR count). The molecule has 1 saturated heterocycles. The Hall–Kier alpha value is -0.970. The first-order chi connectivity index (χ1) is 7.88. The molecular formula is C12H20N4. The SMILES string of the molecule is CNCC1CN(Cc2ccccn2)CCN1. The Kier molecular flexibility index (Phi) is 4.27. The minimum absolute atomic E-state index is 0.558. The molecule has 2 heterocycles. The van der Waals surface area contributed by atoms with Gasteiger partial charge in [-0.05, 0) is 19.2 Å². The van der Waals surface area contributed by atoms with Crippen LogP contribution in [0.2, 0.25) is 0 Å². The maximum Gasteiger partial charge on any atom is 0.0543 e. The molecule has 0 bridgehead atoms. The Morgan fingerprint density at radius 2 is 2.50 bits per heavy atom.